The van der Waals surface area contributed by atoms with Gasteiger partial charge in [-0.05, 0) is 49.9 Å². The van der Waals surface area contributed by atoms with E-state index in [4.69, 9.17) is 10.5 Å². The van der Waals surface area contributed by atoms with Gasteiger partial charge in [-0.2, -0.15) is 0 Å². The summed E-state index contributed by atoms with van der Waals surface area (Å²) in [4.78, 5) is 4.32. The van der Waals surface area contributed by atoms with Crippen LogP contribution in [0.2, 0.25) is 0 Å². The minimum absolute atomic E-state index is 0.0907. The number of nitrogens with two attached hydrogens (primary N) is 1. The van der Waals surface area contributed by atoms with E-state index >= 15 is 0 Å². The number of aryl methyl sites for hydroxylation is 1. The number of hydrogen-bond donors (Lipinski definition) is 1. The number of nitrogens with zero attached hydrogens (tertiary/aromatic N) is 1. The fourth-order valence-corrected chi connectivity index (χ4v) is 2.23. The number of ether oxygens (including phenoxy) is 1. The summed E-state index contributed by atoms with van der Waals surface area (Å²) in [6.45, 7) is 4.19. The van der Waals surface area contributed by atoms with Crippen molar-refractivity contribution in [3.05, 3.63) is 53.7 Å². The second-order valence-corrected chi connectivity index (χ2v) is 5.50. The van der Waals surface area contributed by atoms with Gasteiger partial charge in [0.1, 0.15) is 5.75 Å². The zero-order chi connectivity index (χ0) is 15.1. The molecule has 3 nitrogen and oxygen atoms in total. The molecule has 0 saturated heterocycles. The maximum absolute atomic E-state index is 5.90. The largest absolute Gasteiger partial charge is 0.439 e. The van der Waals surface area contributed by atoms with Crippen molar-refractivity contribution in [3.63, 3.8) is 0 Å². The van der Waals surface area contributed by atoms with E-state index in [1.54, 1.807) is 6.20 Å². The van der Waals surface area contributed by atoms with Gasteiger partial charge in [0.25, 0.3) is 0 Å². The molecule has 1 aromatic heterocycles. The molecule has 1 atom stereocenters. The van der Waals surface area contributed by atoms with Crippen molar-refractivity contribution in [2.75, 3.05) is 0 Å². The lowest BCUT2D eigenvalue weighted by atomic mass is 10.1. The Bertz CT molecular complexity index is 549. The zero-order valence-electron chi connectivity index (χ0n) is 12.9. The van der Waals surface area contributed by atoms with Crippen LogP contribution >= 0.6 is 0 Å². The molecule has 0 bridgehead atoms. The van der Waals surface area contributed by atoms with Crippen LogP contribution < -0.4 is 10.5 Å². The lowest BCUT2D eigenvalue weighted by molar-refractivity contribution is 0.453. The van der Waals surface area contributed by atoms with Crippen LogP contribution in [0.3, 0.4) is 0 Å². The van der Waals surface area contributed by atoms with E-state index in [2.05, 4.69) is 24.0 Å². The highest BCUT2D eigenvalue weighted by Gasteiger charge is 2.08. The Hall–Kier alpha value is -1.87. The average Bonchev–Trinajstić information content (AvgIpc) is 2.48. The lowest BCUT2D eigenvalue weighted by Crippen LogP contribution is -2.18. The second kappa shape index (κ2) is 7.79. The molecule has 112 valence electrons. The van der Waals surface area contributed by atoms with Crippen LogP contribution in [0.1, 0.15) is 37.8 Å². The third-order valence-electron chi connectivity index (χ3n) is 3.35. The van der Waals surface area contributed by atoms with Crippen molar-refractivity contribution in [2.24, 2.45) is 5.73 Å². The Morgan fingerprint density at radius 1 is 1.19 bits per heavy atom. The quantitative estimate of drug-likeness (QED) is 0.832. The molecule has 0 spiro atoms. The molecule has 0 amide bonds. The summed E-state index contributed by atoms with van der Waals surface area (Å²) in [6, 6.07) is 12.3. The minimum atomic E-state index is 0.0907. The van der Waals surface area contributed by atoms with E-state index in [1.807, 2.05) is 31.2 Å². The molecule has 1 unspecified atom stereocenters. The van der Waals surface area contributed by atoms with Crippen LogP contribution in [0, 0.1) is 0 Å². The molecule has 0 fully saturated rings. The second-order valence-electron chi connectivity index (χ2n) is 5.50. The average molecular weight is 284 g/mol. The van der Waals surface area contributed by atoms with Gasteiger partial charge in [0.2, 0.25) is 5.88 Å². The molecule has 0 radical (unpaired) electrons. The fourth-order valence-electron chi connectivity index (χ4n) is 2.23. The maximum Gasteiger partial charge on any atom is 0.222 e. The topological polar surface area (TPSA) is 48.1 Å². The summed E-state index contributed by atoms with van der Waals surface area (Å²) in [7, 11) is 0. The van der Waals surface area contributed by atoms with Crippen LogP contribution in [0.25, 0.3) is 0 Å². The normalized spacial score (nSPS) is 12.1. The molecule has 0 saturated carbocycles. The molecule has 21 heavy (non-hydrogen) atoms. The molecule has 1 heterocycles. The highest BCUT2D eigenvalue weighted by atomic mass is 16.5. The van der Waals surface area contributed by atoms with Crippen molar-refractivity contribution < 1.29 is 4.74 Å². The van der Waals surface area contributed by atoms with Gasteiger partial charge in [0.15, 0.2) is 0 Å². The van der Waals surface area contributed by atoms with Crippen LogP contribution in [-0.4, -0.2) is 11.0 Å². The first-order valence-electron chi connectivity index (χ1n) is 7.65. The van der Waals surface area contributed by atoms with Crippen LogP contribution in [0.5, 0.6) is 11.6 Å². The van der Waals surface area contributed by atoms with Crippen LogP contribution in [0.15, 0.2) is 42.6 Å². The van der Waals surface area contributed by atoms with Crippen molar-refractivity contribution in [2.45, 2.75) is 45.6 Å². The summed E-state index contributed by atoms with van der Waals surface area (Å²) in [6.07, 6.45) is 6.06. The maximum atomic E-state index is 5.90. The van der Waals surface area contributed by atoms with Gasteiger partial charge in [-0.25, -0.2) is 4.98 Å². The first kappa shape index (κ1) is 15.5. The molecule has 1 aromatic carbocycles. The molecule has 2 rings (SSSR count). The third-order valence-corrected chi connectivity index (χ3v) is 3.35. The Balaban J connectivity index is 2.07. The van der Waals surface area contributed by atoms with E-state index in [9.17, 15) is 0 Å². The molecule has 3 heteroatoms. The zero-order valence-corrected chi connectivity index (χ0v) is 12.9. The van der Waals surface area contributed by atoms with E-state index < -0.39 is 0 Å². The van der Waals surface area contributed by atoms with Crippen molar-refractivity contribution in [1.82, 2.24) is 4.98 Å². The molecule has 2 N–H and O–H groups in total. The Morgan fingerprint density at radius 3 is 2.62 bits per heavy atom. The van der Waals surface area contributed by atoms with Gasteiger partial charge in [-0.3, -0.25) is 0 Å². The highest BCUT2D eigenvalue weighted by molar-refractivity contribution is 5.34. The van der Waals surface area contributed by atoms with E-state index in [0.29, 0.717) is 5.88 Å². The highest BCUT2D eigenvalue weighted by Crippen LogP contribution is 2.24. The van der Waals surface area contributed by atoms with Gasteiger partial charge in [-0.1, -0.05) is 31.5 Å². The van der Waals surface area contributed by atoms with Gasteiger partial charge in [0.05, 0.1) is 0 Å². The van der Waals surface area contributed by atoms with E-state index in [0.717, 1.165) is 24.2 Å². The smallest absolute Gasteiger partial charge is 0.222 e. The Labute approximate surface area is 127 Å². The van der Waals surface area contributed by atoms with Gasteiger partial charge < -0.3 is 10.5 Å². The van der Waals surface area contributed by atoms with Gasteiger partial charge >= 0.3 is 0 Å². The summed E-state index contributed by atoms with van der Waals surface area (Å²) in [5, 5.41) is 0. The number of unbranched alkanes of at least 4 members (excludes halogenated alkanes) is 1. The molecule has 0 aliphatic heterocycles. The number of hydrogen-bond acceptors (Lipinski definition) is 3. The molecular weight excluding hydrogens is 260 g/mol. The number of benzene rings is 1. The number of aromatic nitrogens is 1. The molecule has 0 aliphatic rings. The van der Waals surface area contributed by atoms with E-state index in [-0.39, 0.29) is 6.04 Å². The van der Waals surface area contributed by atoms with Crippen molar-refractivity contribution >= 4 is 0 Å². The van der Waals surface area contributed by atoms with Gasteiger partial charge in [-0.15, -0.1) is 0 Å². The summed E-state index contributed by atoms with van der Waals surface area (Å²) in [5.41, 5.74) is 8.26. The van der Waals surface area contributed by atoms with Gasteiger partial charge in [0, 0.05) is 17.8 Å². The van der Waals surface area contributed by atoms with Crippen molar-refractivity contribution in [3.8, 4) is 11.6 Å². The first-order valence-corrected chi connectivity index (χ1v) is 7.65. The SMILES string of the molecule is CCCCc1ccc(Oc2ncccc2CC(C)N)cc1. The predicted molar refractivity (Wildman–Crippen MR) is 86.7 cm³/mol. The summed E-state index contributed by atoms with van der Waals surface area (Å²) >= 11 is 0. The monoisotopic (exact) mass is 284 g/mol. The third kappa shape index (κ3) is 4.87. The van der Waals surface area contributed by atoms with E-state index in [1.165, 1.54) is 18.4 Å². The first-order chi connectivity index (χ1) is 10.2. The summed E-state index contributed by atoms with van der Waals surface area (Å²) < 4.78 is 5.90. The van der Waals surface area contributed by atoms with Crippen LogP contribution in [-0.2, 0) is 12.8 Å². The Morgan fingerprint density at radius 2 is 1.95 bits per heavy atom. The van der Waals surface area contributed by atoms with Crippen molar-refractivity contribution in [1.29, 1.82) is 0 Å². The number of pyridine rings is 1. The molecule has 0 aliphatic carbocycles. The standard InChI is InChI=1S/C18H24N2O/c1-3-4-6-15-8-10-17(11-9-15)21-18-16(13-14(2)19)7-5-12-20-18/h5,7-12,14H,3-4,6,13,19H2,1-2H3. The molecular formula is C18H24N2O. The predicted octanol–water partition coefficient (Wildman–Crippen LogP) is 4.11. The fraction of sp³-hybridized carbons (Fsp3) is 0.389. The number of rotatable bonds is 7. The lowest BCUT2D eigenvalue weighted by Gasteiger charge is -2.11. The minimum Gasteiger partial charge on any atom is -0.439 e. The Kier molecular flexibility index (Phi) is 5.76. The molecule has 2 aromatic rings. The van der Waals surface area contributed by atoms with Crippen LogP contribution in [0.4, 0.5) is 0 Å². The summed E-state index contributed by atoms with van der Waals surface area (Å²) in [5.74, 6) is 1.47.